The van der Waals surface area contributed by atoms with Gasteiger partial charge in [-0.3, -0.25) is 0 Å². The van der Waals surface area contributed by atoms with Crippen molar-refractivity contribution in [1.82, 2.24) is 4.98 Å². The summed E-state index contributed by atoms with van der Waals surface area (Å²) < 4.78 is 46.0. The molecule has 2 rings (SSSR count). The van der Waals surface area contributed by atoms with E-state index in [4.69, 9.17) is 5.11 Å². The van der Waals surface area contributed by atoms with Crippen molar-refractivity contribution in [3.05, 3.63) is 47.4 Å². The number of hydrogen-bond acceptors (Lipinski definition) is 3. The largest absolute Gasteiger partial charge is 0.497 e. The number of pyridine rings is 1. The number of carboxylic acids is 1. The molecule has 0 aliphatic carbocycles. The highest BCUT2D eigenvalue weighted by Gasteiger charge is 2.20. The molecule has 0 fully saturated rings. The standard InChI is InChI=1S/C13H8F3NO3/c1-20-6-4-8(15)11(9(16)5-6)12-7(14)2-3-10(17-12)13(18)19/h2-5H,1H3,(H,18,19). The van der Waals surface area contributed by atoms with Crippen LogP contribution in [-0.2, 0) is 0 Å². The molecule has 4 nitrogen and oxygen atoms in total. The lowest BCUT2D eigenvalue weighted by atomic mass is 10.1. The van der Waals surface area contributed by atoms with Gasteiger partial charge in [-0.15, -0.1) is 0 Å². The lowest BCUT2D eigenvalue weighted by Gasteiger charge is -2.08. The van der Waals surface area contributed by atoms with Crippen LogP contribution < -0.4 is 4.74 Å². The Morgan fingerprint density at radius 1 is 1.15 bits per heavy atom. The van der Waals surface area contributed by atoms with Crippen LogP contribution in [0.15, 0.2) is 24.3 Å². The summed E-state index contributed by atoms with van der Waals surface area (Å²) in [6, 6.07) is 3.40. The van der Waals surface area contributed by atoms with Crippen LogP contribution in [0.25, 0.3) is 11.3 Å². The number of aromatic carboxylic acids is 1. The lowest BCUT2D eigenvalue weighted by molar-refractivity contribution is 0.0690. The van der Waals surface area contributed by atoms with Gasteiger partial charge in [-0.25, -0.2) is 22.9 Å². The van der Waals surface area contributed by atoms with E-state index in [1.165, 1.54) is 7.11 Å². The van der Waals surface area contributed by atoms with Crippen molar-refractivity contribution >= 4 is 5.97 Å². The normalized spacial score (nSPS) is 10.4. The summed E-state index contributed by atoms with van der Waals surface area (Å²) in [6.45, 7) is 0. The van der Waals surface area contributed by atoms with Crippen LogP contribution in [0, 0.1) is 17.5 Å². The molecule has 1 aromatic heterocycles. The first kappa shape index (κ1) is 13.9. The first-order chi connectivity index (χ1) is 9.43. The summed E-state index contributed by atoms with van der Waals surface area (Å²) >= 11 is 0. The maximum absolute atomic E-state index is 13.8. The lowest BCUT2D eigenvalue weighted by Crippen LogP contribution is -2.04. The molecule has 7 heteroatoms. The third-order valence-corrected chi connectivity index (χ3v) is 2.55. The maximum Gasteiger partial charge on any atom is 0.354 e. The third kappa shape index (κ3) is 2.42. The molecule has 0 saturated heterocycles. The zero-order valence-electron chi connectivity index (χ0n) is 10.2. The second-order valence-corrected chi connectivity index (χ2v) is 3.80. The summed E-state index contributed by atoms with van der Waals surface area (Å²) in [5.41, 5.74) is -1.97. The number of methoxy groups -OCH3 is 1. The van der Waals surface area contributed by atoms with Crippen molar-refractivity contribution in [3.8, 4) is 17.0 Å². The van der Waals surface area contributed by atoms with E-state index in [0.29, 0.717) is 0 Å². The predicted molar refractivity (Wildman–Crippen MR) is 63.1 cm³/mol. The van der Waals surface area contributed by atoms with Gasteiger partial charge in [-0.2, -0.15) is 0 Å². The van der Waals surface area contributed by atoms with Gasteiger partial charge in [0.2, 0.25) is 0 Å². The van der Waals surface area contributed by atoms with Gasteiger partial charge >= 0.3 is 5.97 Å². The number of carbonyl (C=O) groups is 1. The van der Waals surface area contributed by atoms with Crippen LogP contribution in [0.3, 0.4) is 0 Å². The average molecular weight is 283 g/mol. The molecular formula is C13H8F3NO3. The smallest absolute Gasteiger partial charge is 0.354 e. The summed E-state index contributed by atoms with van der Waals surface area (Å²) in [7, 11) is 1.22. The van der Waals surface area contributed by atoms with Gasteiger partial charge < -0.3 is 9.84 Å². The van der Waals surface area contributed by atoms with Crippen LogP contribution in [0.4, 0.5) is 13.2 Å². The predicted octanol–water partition coefficient (Wildman–Crippen LogP) is 2.87. The summed E-state index contributed by atoms with van der Waals surface area (Å²) in [6.07, 6.45) is 0. The molecule has 0 radical (unpaired) electrons. The van der Waals surface area contributed by atoms with Crippen LogP contribution in [-0.4, -0.2) is 23.2 Å². The van der Waals surface area contributed by atoms with Gasteiger partial charge in [0, 0.05) is 12.1 Å². The monoisotopic (exact) mass is 283 g/mol. The molecule has 0 aliphatic rings. The summed E-state index contributed by atoms with van der Waals surface area (Å²) in [4.78, 5) is 14.2. The number of rotatable bonds is 3. The molecule has 2 aromatic rings. The number of halogens is 3. The molecule has 0 unspecified atom stereocenters. The molecule has 1 heterocycles. The number of hydrogen-bond donors (Lipinski definition) is 1. The molecule has 1 aromatic carbocycles. The quantitative estimate of drug-likeness (QED) is 0.941. The van der Waals surface area contributed by atoms with Crippen LogP contribution in [0.2, 0.25) is 0 Å². The fourth-order valence-electron chi connectivity index (χ4n) is 1.63. The Kier molecular flexibility index (Phi) is 3.60. The van der Waals surface area contributed by atoms with E-state index in [0.717, 1.165) is 24.3 Å². The number of carboxylic acid groups (broad SMARTS) is 1. The molecule has 1 N–H and O–H groups in total. The van der Waals surface area contributed by atoms with Crippen LogP contribution in [0.1, 0.15) is 10.5 Å². The number of ether oxygens (including phenoxy) is 1. The first-order valence-electron chi connectivity index (χ1n) is 5.37. The SMILES string of the molecule is COc1cc(F)c(-c2nc(C(=O)O)ccc2F)c(F)c1. The highest BCUT2D eigenvalue weighted by molar-refractivity contribution is 5.86. The highest BCUT2D eigenvalue weighted by atomic mass is 19.1. The zero-order valence-corrected chi connectivity index (χ0v) is 10.2. The van der Waals surface area contributed by atoms with E-state index < -0.39 is 40.4 Å². The minimum atomic E-state index is -1.43. The molecule has 104 valence electrons. The fraction of sp³-hybridized carbons (Fsp3) is 0.0769. The third-order valence-electron chi connectivity index (χ3n) is 2.55. The number of nitrogens with zero attached hydrogens (tertiary/aromatic N) is 1. The van der Waals surface area contributed by atoms with Crippen LogP contribution in [0.5, 0.6) is 5.75 Å². The molecule has 0 atom stereocenters. The first-order valence-corrected chi connectivity index (χ1v) is 5.37. The molecule has 20 heavy (non-hydrogen) atoms. The van der Waals surface area contributed by atoms with Crippen molar-refractivity contribution in [2.75, 3.05) is 7.11 Å². The summed E-state index contributed by atoms with van der Waals surface area (Å²) in [5.74, 6) is -4.75. The number of aromatic nitrogens is 1. The van der Waals surface area contributed by atoms with Crippen molar-refractivity contribution in [2.45, 2.75) is 0 Å². The Labute approximate surface area is 111 Å². The fourth-order valence-corrected chi connectivity index (χ4v) is 1.63. The highest BCUT2D eigenvalue weighted by Crippen LogP contribution is 2.30. The minimum absolute atomic E-state index is 0.0847. The Hall–Kier alpha value is -2.57. The topological polar surface area (TPSA) is 59.4 Å². The van der Waals surface area contributed by atoms with Crippen molar-refractivity contribution in [2.24, 2.45) is 0 Å². The Balaban J connectivity index is 2.68. The molecule has 0 bridgehead atoms. The van der Waals surface area contributed by atoms with Gasteiger partial charge in [-0.05, 0) is 12.1 Å². The molecule has 0 saturated carbocycles. The van der Waals surface area contributed by atoms with E-state index in [9.17, 15) is 18.0 Å². The van der Waals surface area contributed by atoms with E-state index in [-0.39, 0.29) is 5.75 Å². The second-order valence-electron chi connectivity index (χ2n) is 3.80. The van der Waals surface area contributed by atoms with Gasteiger partial charge in [0.25, 0.3) is 0 Å². The number of benzene rings is 1. The minimum Gasteiger partial charge on any atom is -0.497 e. The Morgan fingerprint density at radius 2 is 1.75 bits per heavy atom. The zero-order chi connectivity index (χ0) is 14.9. The molecule has 0 aliphatic heterocycles. The Morgan fingerprint density at radius 3 is 2.25 bits per heavy atom. The Bertz CT molecular complexity index is 666. The second kappa shape index (κ2) is 5.20. The van der Waals surface area contributed by atoms with Crippen LogP contribution >= 0.6 is 0 Å². The van der Waals surface area contributed by atoms with E-state index in [1.54, 1.807) is 0 Å². The molecule has 0 spiro atoms. The molecule has 0 amide bonds. The van der Waals surface area contributed by atoms with E-state index in [1.807, 2.05) is 0 Å². The van der Waals surface area contributed by atoms with E-state index in [2.05, 4.69) is 9.72 Å². The van der Waals surface area contributed by atoms with Gasteiger partial charge in [0.15, 0.2) is 0 Å². The maximum atomic E-state index is 13.8. The van der Waals surface area contributed by atoms with Crippen molar-refractivity contribution < 1.29 is 27.8 Å². The summed E-state index contributed by atoms with van der Waals surface area (Å²) in [5, 5.41) is 8.78. The molecular weight excluding hydrogens is 275 g/mol. The van der Waals surface area contributed by atoms with Gasteiger partial charge in [0.1, 0.15) is 34.6 Å². The van der Waals surface area contributed by atoms with Gasteiger partial charge in [-0.1, -0.05) is 0 Å². The van der Waals surface area contributed by atoms with Crippen molar-refractivity contribution in [1.29, 1.82) is 0 Å². The average Bonchev–Trinajstić information content (AvgIpc) is 2.39. The van der Waals surface area contributed by atoms with E-state index >= 15 is 0 Å². The van der Waals surface area contributed by atoms with Crippen molar-refractivity contribution in [3.63, 3.8) is 0 Å². The van der Waals surface area contributed by atoms with Gasteiger partial charge in [0.05, 0.1) is 12.7 Å².